The standard InChI is InChI=1S/C16H18N2O3/c1-11-7-15(11)16-6-5-14(21-16)10-17-9-12-3-2-4-13(8-12)18(19)20/h2-6,8,11,15,17H,7,9-10H2,1H3. The normalized spacial score (nSPS) is 20.4. The van der Waals surface area contributed by atoms with E-state index in [0.29, 0.717) is 19.0 Å². The average Bonchev–Trinajstić information content (AvgIpc) is 3.01. The summed E-state index contributed by atoms with van der Waals surface area (Å²) in [6, 6.07) is 10.7. The second-order valence-electron chi connectivity index (χ2n) is 5.65. The lowest BCUT2D eigenvalue weighted by molar-refractivity contribution is -0.384. The maximum absolute atomic E-state index is 10.7. The number of nitrogens with zero attached hydrogens (tertiary/aromatic N) is 1. The fraction of sp³-hybridized carbons (Fsp3) is 0.375. The number of nitrogens with one attached hydrogen (secondary N) is 1. The highest BCUT2D eigenvalue weighted by molar-refractivity contribution is 5.34. The van der Waals surface area contributed by atoms with Crippen molar-refractivity contribution in [2.24, 2.45) is 5.92 Å². The SMILES string of the molecule is CC1CC1c1ccc(CNCc2cccc([N+](=O)[O-])c2)o1. The van der Waals surface area contributed by atoms with E-state index in [2.05, 4.69) is 18.3 Å². The third-order valence-electron chi connectivity index (χ3n) is 3.91. The summed E-state index contributed by atoms with van der Waals surface area (Å²) >= 11 is 0. The van der Waals surface area contributed by atoms with Crippen LogP contribution in [0.5, 0.6) is 0 Å². The van der Waals surface area contributed by atoms with Crippen molar-refractivity contribution in [3.63, 3.8) is 0 Å². The van der Waals surface area contributed by atoms with E-state index in [0.717, 1.165) is 23.0 Å². The zero-order valence-corrected chi connectivity index (χ0v) is 11.9. The van der Waals surface area contributed by atoms with E-state index in [9.17, 15) is 10.1 Å². The van der Waals surface area contributed by atoms with Crippen LogP contribution in [0, 0.1) is 16.0 Å². The summed E-state index contributed by atoms with van der Waals surface area (Å²) in [4.78, 5) is 10.3. The Morgan fingerprint density at radius 2 is 2.14 bits per heavy atom. The number of nitro groups is 1. The number of furan rings is 1. The molecule has 2 unspecified atom stereocenters. The monoisotopic (exact) mass is 286 g/mol. The zero-order valence-electron chi connectivity index (χ0n) is 11.9. The zero-order chi connectivity index (χ0) is 14.8. The lowest BCUT2D eigenvalue weighted by atomic mass is 10.2. The van der Waals surface area contributed by atoms with Crippen LogP contribution in [-0.2, 0) is 13.1 Å². The Balaban J connectivity index is 1.52. The van der Waals surface area contributed by atoms with Crippen molar-refractivity contribution in [3.8, 4) is 0 Å². The van der Waals surface area contributed by atoms with Crippen molar-refractivity contribution in [1.82, 2.24) is 5.32 Å². The highest BCUT2D eigenvalue weighted by Crippen LogP contribution is 2.47. The van der Waals surface area contributed by atoms with Crippen LogP contribution in [0.15, 0.2) is 40.8 Å². The molecule has 2 atom stereocenters. The van der Waals surface area contributed by atoms with Gasteiger partial charge in [0.25, 0.3) is 5.69 Å². The molecule has 0 aliphatic heterocycles. The Morgan fingerprint density at radius 1 is 1.33 bits per heavy atom. The lowest BCUT2D eigenvalue weighted by Gasteiger charge is -2.03. The van der Waals surface area contributed by atoms with Crippen LogP contribution < -0.4 is 5.32 Å². The molecule has 5 nitrogen and oxygen atoms in total. The molecule has 110 valence electrons. The summed E-state index contributed by atoms with van der Waals surface area (Å²) in [6.07, 6.45) is 1.22. The minimum absolute atomic E-state index is 0.123. The topological polar surface area (TPSA) is 68.3 Å². The lowest BCUT2D eigenvalue weighted by Crippen LogP contribution is -2.12. The molecule has 1 heterocycles. The van der Waals surface area contributed by atoms with E-state index >= 15 is 0 Å². The summed E-state index contributed by atoms with van der Waals surface area (Å²) in [5.41, 5.74) is 1.02. The second kappa shape index (κ2) is 5.69. The molecule has 1 aliphatic carbocycles. The Kier molecular flexibility index (Phi) is 3.75. The molecule has 3 rings (SSSR count). The molecule has 21 heavy (non-hydrogen) atoms. The third kappa shape index (κ3) is 3.31. The van der Waals surface area contributed by atoms with E-state index in [1.54, 1.807) is 12.1 Å². The molecule has 1 fully saturated rings. The molecule has 0 radical (unpaired) electrons. The first-order valence-electron chi connectivity index (χ1n) is 7.16. The minimum Gasteiger partial charge on any atom is -0.464 e. The molecule has 1 aromatic carbocycles. The number of nitro benzene ring substituents is 1. The van der Waals surface area contributed by atoms with Gasteiger partial charge in [0, 0.05) is 24.6 Å². The maximum Gasteiger partial charge on any atom is 0.269 e. The summed E-state index contributed by atoms with van der Waals surface area (Å²) in [5, 5.41) is 14.0. The molecule has 2 aromatic rings. The quantitative estimate of drug-likeness (QED) is 0.650. The van der Waals surface area contributed by atoms with Crippen LogP contribution in [0.1, 0.15) is 36.3 Å². The highest BCUT2D eigenvalue weighted by atomic mass is 16.6. The summed E-state index contributed by atoms with van der Waals surface area (Å²) in [6.45, 7) is 3.44. The fourth-order valence-electron chi connectivity index (χ4n) is 2.52. The fourth-order valence-corrected chi connectivity index (χ4v) is 2.52. The van der Waals surface area contributed by atoms with E-state index in [1.165, 1.54) is 12.5 Å². The Morgan fingerprint density at radius 3 is 2.86 bits per heavy atom. The average molecular weight is 286 g/mol. The molecule has 0 amide bonds. The van der Waals surface area contributed by atoms with Gasteiger partial charge in [0.2, 0.25) is 0 Å². The number of non-ortho nitro benzene ring substituents is 1. The first-order chi connectivity index (χ1) is 10.1. The van der Waals surface area contributed by atoms with Gasteiger partial charge in [-0.3, -0.25) is 10.1 Å². The number of hydrogen-bond acceptors (Lipinski definition) is 4. The van der Waals surface area contributed by atoms with Gasteiger partial charge < -0.3 is 9.73 Å². The van der Waals surface area contributed by atoms with Crippen LogP contribution in [0.25, 0.3) is 0 Å². The van der Waals surface area contributed by atoms with E-state index in [1.807, 2.05) is 12.1 Å². The van der Waals surface area contributed by atoms with Gasteiger partial charge in [-0.05, 0) is 30.0 Å². The molecule has 1 aliphatic rings. The van der Waals surface area contributed by atoms with Gasteiger partial charge in [0.1, 0.15) is 11.5 Å². The molecule has 1 N–H and O–H groups in total. The molecule has 1 aromatic heterocycles. The highest BCUT2D eigenvalue weighted by Gasteiger charge is 2.36. The van der Waals surface area contributed by atoms with E-state index in [4.69, 9.17) is 4.42 Å². The first kappa shape index (κ1) is 13.8. The predicted octanol–water partition coefficient (Wildman–Crippen LogP) is 3.60. The number of rotatable bonds is 6. The van der Waals surface area contributed by atoms with E-state index < -0.39 is 0 Å². The molecule has 0 saturated heterocycles. The first-order valence-corrected chi connectivity index (χ1v) is 7.16. The summed E-state index contributed by atoms with van der Waals surface area (Å²) in [5.74, 6) is 3.32. The van der Waals surface area contributed by atoms with Gasteiger partial charge in [0.05, 0.1) is 11.5 Å². The number of hydrogen-bond donors (Lipinski definition) is 1. The number of benzene rings is 1. The summed E-state index contributed by atoms with van der Waals surface area (Å²) in [7, 11) is 0. The Bertz CT molecular complexity index is 650. The second-order valence-corrected chi connectivity index (χ2v) is 5.65. The van der Waals surface area contributed by atoms with Gasteiger partial charge in [-0.1, -0.05) is 19.1 Å². The Labute approximate surface area is 123 Å². The molecular weight excluding hydrogens is 268 g/mol. The van der Waals surface area contributed by atoms with Crippen molar-refractivity contribution < 1.29 is 9.34 Å². The molecule has 5 heteroatoms. The molecular formula is C16H18N2O3. The van der Waals surface area contributed by atoms with Gasteiger partial charge >= 0.3 is 0 Å². The van der Waals surface area contributed by atoms with Crippen molar-refractivity contribution in [1.29, 1.82) is 0 Å². The van der Waals surface area contributed by atoms with Gasteiger partial charge in [-0.15, -0.1) is 0 Å². The molecule has 0 spiro atoms. The molecule has 0 bridgehead atoms. The smallest absolute Gasteiger partial charge is 0.269 e. The van der Waals surface area contributed by atoms with Gasteiger partial charge in [0.15, 0.2) is 0 Å². The minimum atomic E-state index is -0.376. The van der Waals surface area contributed by atoms with Crippen molar-refractivity contribution >= 4 is 5.69 Å². The van der Waals surface area contributed by atoms with Crippen LogP contribution in [0.4, 0.5) is 5.69 Å². The van der Waals surface area contributed by atoms with Crippen molar-refractivity contribution in [3.05, 3.63) is 63.6 Å². The van der Waals surface area contributed by atoms with Gasteiger partial charge in [-0.25, -0.2) is 0 Å². The van der Waals surface area contributed by atoms with Crippen LogP contribution in [0.2, 0.25) is 0 Å². The van der Waals surface area contributed by atoms with Crippen LogP contribution in [0.3, 0.4) is 0 Å². The summed E-state index contributed by atoms with van der Waals surface area (Å²) < 4.78 is 5.81. The Hall–Kier alpha value is -2.14. The van der Waals surface area contributed by atoms with E-state index in [-0.39, 0.29) is 10.6 Å². The largest absolute Gasteiger partial charge is 0.464 e. The molecule has 1 saturated carbocycles. The van der Waals surface area contributed by atoms with Gasteiger partial charge in [-0.2, -0.15) is 0 Å². The predicted molar refractivity (Wildman–Crippen MR) is 78.9 cm³/mol. The van der Waals surface area contributed by atoms with Crippen molar-refractivity contribution in [2.75, 3.05) is 0 Å². The van der Waals surface area contributed by atoms with Crippen molar-refractivity contribution in [2.45, 2.75) is 32.4 Å². The van der Waals surface area contributed by atoms with Crippen LogP contribution >= 0.6 is 0 Å². The third-order valence-corrected chi connectivity index (χ3v) is 3.91. The maximum atomic E-state index is 10.7. The van der Waals surface area contributed by atoms with Crippen LogP contribution in [-0.4, -0.2) is 4.92 Å².